The highest BCUT2D eigenvalue weighted by atomic mass is 19.1. The van der Waals surface area contributed by atoms with Gasteiger partial charge in [0.1, 0.15) is 23.1 Å². The average Bonchev–Trinajstić information content (AvgIpc) is 2.70. The van der Waals surface area contributed by atoms with Crippen molar-refractivity contribution in [2.45, 2.75) is 6.42 Å². The number of methoxy groups -OCH3 is 1. The number of nitrogens with zero attached hydrogens (tertiary/aromatic N) is 2. The fourth-order valence-corrected chi connectivity index (χ4v) is 2.50. The second-order valence-electron chi connectivity index (χ2n) is 5.87. The van der Waals surface area contributed by atoms with Crippen LogP contribution in [0.15, 0.2) is 54.7 Å². The Balaban J connectivity index is 1.60. The minimum absolute atomic E-state index is 0.0111. The molecule has 0 unspecified atom stereocenters. The maximum absolute atomic E-state index is 13.7. The van der Waals surface area contributed by atoms with Crippen molar-refractivity contribution in [3.63, 3.8) is 0 Å². The highest BCUT2D eigenvalue weighted by Gasteiger charge is 2.10. The van der Waals surface area contributed by atoms with Gasteiger partial charge in [-0.3, -0.25) is 4.79 Å². The topological polar surface area (TPSA) is 76.1 Å². The zero-order valence-electron chi connectivity index (χ0n) is 15.1. The van der Waals surface area contributed by atoms with Gasteiger partial charge in [0.05, 0.1) is 12.8 Å². The zero-order chi connectivity index (χ0) is 19.9. The van der Waals surface area contributed by atoms with Crippen molar-refractivity contribution in [1.29, 1.82) is 0 Å². The SMILES string of the molecule is COc1cccc(CCNC(=O)c2ccnc(Nc3ccc(F)cc3F)n2)c1. The Morgan fingerprint density at radius 2 is 2.00 bits per heavy atom. The molecule has 1 heterocycles. The second kappa shape index (κ2) is 8.90. The lowest BCUT2D eigenvalue weighted by atomic mass is 10.1. The number of amides is 1. The molecule has 0 aliphatic heterocycles. The maximum atomic E-state index is 13.7. The van der Waals surface area contributed by atoms with Crippen molar-refractivity contribution >= 4 is 17.5 Å². The lowest BCUT2D eigenvalue weighted by molar-refractivity contribution is 0.0949. The molecule has 0 bridgehead atoms. The molecule has 0 aliphatic carbocycles. The van der Waals surface area contributed by atoms with Gasteiger partial charge in [-0.15, -0.1) is 0 Å². The normalized spacial score (nSPS) is 10.4. The van der Waals surface area contributed by atoms with Crippen molar-refractivity contribution in [1.82, 2.24) is 15.3 Å². The van der Waals surface area contributed by atoms with E-state index in [1.165, 1.54) is 18.3 Å². The minimum Gasteiger partial charge on any atom is -0.497 e. The number of ether oxygens (including phenoxy) is 1. The van der Waals surface area contributed by atoms with Crippen LogP contribution < -0.4 is 15.4 Å². The van der Waals surface area contributed by atoms with Crippen LogP contribution in [0.25, 0.3) is 0 Å². The summed E-state index contributed by atoms with van der Waals surface area (Å²) in [7, 11) is 1.60. The first-order valence-electron chi connectivity index (χ1n) is 8.51. The van der Waals surface area contributed by atoms with Gasteiger partial charge in [-0.05, 0) is 42.3 Å². The van der Waals surface area contributed by atoms with Gasteiger partial charge in [-0.1, -0.05) is 12.1 Å². The van der Waals surface area contributed by atoms with Crippen LogP contribution in [0, 0.1) is 11.6 Å². The number of hydrogen-bond donors (Lipinski definition) is 2. The van der Waals surface area contributed by atoms with Crippen LogP contribution in [0.5, 0.6) is 5.75 Å². The second-order valence-corrected chi connectivity index (χ2v) is 5.87. The van der Waals surface area contributed by atoms with Crippen LogP contribution >= 0.6 is 0 Å². The minimum atomic E-state index is -0.781. The predicted molar refractivity (Wildman–Crippen MR) is 101 cm³/mol. The van der Waals surface area contributed by atoms with Crippen LogP contribution in [0.2, 0.25) is 0 Å². The third-order valence-electron chi connectivity index (χ3n) is 3.90. The summed E-state index contributed by atoms with van der Waals surface area (Å²) in [5.41, 5.74) is 1.17. The van der Waals surface area contributed by atoms with Crippen molar-refractivity contribution < 1.29 is 18.3 Å². The Labute approximate surface area is 160 Å². The van der Waals surface area contributed by atoms with Crippen LogP contribution in [0.1, 0.15) is 16.1 Å². The molecule has 0 radical (unpaired) electrons. The molecule has 2 aromatic carbocycles. The Bertz CT molecular complexity index is 982. The fourth-order valence-electron chi connectivity index (χ4n) is 2.50. The third-order valence-corrected chi connectivity index (χ3v) is 3.90. The molecule has 0 spiro atoms. The van der Waals surface area contributed by atoms with Gasteiger partial charge in [-0.2, -0.15) is 0 Å². The van der Waals surface area contributed by atoms with Gasteiger partial charge < -0.3 is 15.4 Å². The Morgan fingerprint density at radius 3 is 2.79 bits per heavy atom. The highest BCUT2D eigenvalue weighted by molar-refractivity contribution is 5.92. The number of halogens is 2. The summed E-state index contributed by atoms with van der Waals surface area (Å²) < 4.78 is 31.9. The molecule has 0 saturated carbocycles. The largest absolute Gasteiger partial charge is 0.497 e. The van der Waals surface area contributed by atoms with E-state index < -0.39 is 11.6 Å². The molecule has 144 valence electrons. The Hall–Kier alpha value is -3.55. The number of benzene rings is 2. The Morgan fingerprint density at radius 1 is 1.14 bits per heavy atom. The Kier molecular flexibility index (Phi) is 6.11. The quantitative estimate of drug-likeness (QED) is 0.652. The number of anilines is 2. The molecule has 28 heavy (non-hydrogen) atoms. The predicted octanol–water partition coefficient (Wildman–Crippen LogP) is 3.48. The molecule has 1 amide bonds. The van der Waals surface area contributed by atoms with E-state index in [2.05, 4.69) is 20.6 Å². The van der Waals surface area contributed by atoms with E-state index in [0.29, 0.717) is 13.0 Å². The van der Waals surface area contributed by atoms with E-state index >= 15 is 0 Å². The first kappa shape index (κ1) is 19.2. The van der Waals surface area contributed by atoms with Gasteiger partial charge in [0, 0.05) is 18.8 Å². The molecule has 2 N–H and O–H groups in total. The van der Waals surface area contributed by atoms with E-state index in [1.54, 1.807) is 7.11 Å². The highest BCUT2D eigenvalue weighted by Crippen LogP contribution is 2.18. The molecule has 1 aromatic heterocycles. The number of aromatic nitrogens is 2. The summed E-state index contributed by atoms with van der Waals surface area (Å²) in [5.74, 6) is -1.06. The fraction of sp³-hybridized carbons (Fsp3) is 0.150. The lowest BCUT2D eigenvalue weighted by Crippen LogP contribution is -2.26. The molecule has 0 aliphatic rings. The van der Waals surface area contributed by atoms with Crippen molar-refractivity contribution in [2.75, 3.05) is 19.0 Å². The molecule has 0 atom stereocenters. The third kappa shape index (κ3) is 5.00. The maximum Gasteiger partial charge on any atom is 0.270 e. The molecular weight excluding hydrogens is 366 g/mol. The smallest absolute Gasteiger partial charge is 0.270 e. The first-order valence-corrected chi connectivity index (χ1v) is 8.51. The molecular formula is C20H18F2N4O2. The number of hydrogen-bond acceptors (Lipinski definition) is 5. The summed E-state index contributed by atoms with van der Waals surface area (Å²) in [6.45, 7) is 0.408. The molecule has 3 aromatic rings. The number of carbonyl (C=O) groups excluding carboxylic acids is 1. The van der Waals surface area contributed by atoms with Gasteiger partial charge in [0.15, 0.2) is 0 Å². The van der Waals surface area contributed by atoms with Crippen molar-refractivity contribution in [2.24, 2.45) is 0 Å². The first-order chi connectivity index (χ1) is 13.5. The van der Waals surface area contributed by atoms with Gasteiger partial charge in [0.25, 0.3) is 5.91 Å². The van der Waals surface area contributed by atoms with E-state index in [9.17, 15) is 13.6 Å². The molecule has 3 rings (SSSR count). The van der Waals surface area contributed by atoms with Crippen LogP contribution in [0.3, 0.4) is 0 Å². The summed E-state index contributed by atoms with van der Waals surface area (Å²) in [5, 5.41) is 5.40. The summed E-state index contributed by atoms with van der Waals surface area (Å²) in [6.07, 6.45) is 2.01. The standard InChI is InChI=1S/C20H18F2N4O2/c1-28-15-4-2-3-13(11-15)7-9-23-19(27)18-8-10-24-20(26-18)25-17-6-5-14(21)12-16(17)22/h2-6,8,10-12H,7,9H2,1H3,(H,23,27)(H,24,25,26). The monoisotopic (exact) mass is 384 g/mol. The summed E-state index contributed by atoms with van der Waals surface area (Å²) in [4.78, 5) is 20.3. The van der Waals surface area contributed by atoms with E-state index in [-0.39, 0.29) is 23.2 Å². The van der Waals surface area contributed by atoms with E-state index in [1.807, 2.05) is 24.3 Å². The van der Waals surface area contributed by atoms with Gasteiger partial charge >= 0.3 is 0 Å². The van der Waals surface area contributed by atoms with Crippen LogP contribution in [-0.2, 0) is 6.42 Å². The van der Waals surface area contributed by atoms with Crippen LogP contribution in [0.4, 0.5) is 20.4 Å². The van der Waals surface area contributed by atoms with E-state index in [4.69, 9.17) is 4.74 Å². The number of nitrogens with one attached hydrogen (secondary N) is 2. The average molecular weight is 384 g/mol. The summed E-state index contributed by atoms with van der Waals surface area (Å²) in [6, 6.07) is 12.1. The van der Waals surface area contributed by atoms with E-state index in [0.717, 1.165) is 23.4 Å². The number of rotatable bonds is 7. The van der Waals surface area contributed by atoms with Crippen LogP contribution in [-0.4, -0.2) is 29.5 Å². The van der Waals surface area contributed by atoms with Gasteiger partial charge in [0.2, 0.25) is 5.95 Å². The molecule has 0 saturated heterocycles. The van der Waals surface area contributed by atoms with Gasteiger partial charge in [-0.25, -0.2) is 18.7 Å². The lowest BCUT2D eigenvalue weighted by Gasteiger charge is -2.08. The molecule has 6 nitrogen and oxygen atoms in total. The number of carbonyl (C=O) groups is 1. The molecule has 0 fully saturated rings. The summed E-state index contributed by atoms with van der Waals surface area (Å²) >= 11 is 0. The van der Waals surface area contributed by atoms with Crippen molar-refractivity contribution in [3.8, 4) is 5.75 Å². The van der Waals surface area contributed by atoms with Crippen molar-refractivity contribution in [3.05, 3.63) is 77.6 Å². The molecule has 8 heteroatoms. The zero-order valence-corrected chi connectivity index (χ0v) is 15.1.